The van der Waals surface area contributed by atoms with E-state index in [-0.39, 0.29) is 0 Å². The summed E-state index contributed by atoms with van der Waals surface area (Å²) in [4.78, 5) is 10.7. The van der Waals surface area contributed by atoms with Crippen LogP contribution in [0.5, 0.6) is 5.75 Å². The van der Waals surface area contributed by atoms with Crippen molar-refractivity contribution in [1.29, 1.82) is 0 Å². The van der Waals surface area contributed by atoms with Crippen molar-refractivity contribution < 1.29 is 14.6 Å². The molecule has 1 aromatic carbocycles. The molecule has 0 saturated heterocycles. The molecule has 0 spiro atoms. The Kier molecular flexibility index (Phi) is 3.69. The van der Waals surface area contributed by atoms with Gasteiger partial charge in [0.15, 0.2) is 0 Å². The van der Waals surface area contributed by atoms with Gasteiger partial charge in [-0.3, -0.25) is 4.79 Å². The molecule has 1 fully saturated rings. The van der Waals surface area contributed by atoms with E-state index in [1.807, 2.05) is 0 Å². The summed E-state index contributed by atoms with van der Waals surface area (Å²) >= 11 is 3.36. The highest BCUT2D eigenvalue weighted by Gasteiger charge is 2.22. The van der Waals surface area contributed by atoms with Gasteiger partial charge in [0, 0.05) is 0 Å². The first-order valence-electron chi connectivity index (χ1n) is 5.48. The van der Waals surface area contributed by atoms with Crippen molar-refractivity contribution in [3.8, 4) is 5.75 Å². The topological polar surface area (TPSA) is 72.6 Å². The molecule has 2 rings (SSSR count). The summed E-state index contributed by atoms with van der Waals surface area (Å²) < 4.78 is 6.36. The quantitative estimate of drug-likeness (QED) is 0.875. The number of carboxylic acids is 1. The summed E-state index contributed by atoms with van der Waals surface area (Å²) in [6.07, 6.45) is 2.47. The Morgan fingerprint density at radius 2 is 2.29 bits per heavy atom. The maximum Gasteiger partial charge on any atom is 0.325 e. The first-order valence-corrected chi connectivity index (χ1v) is 6.28. The molecule has 1 unspecified atom stereocenters. The fourth-order valence-electron chi connectivity index (χ4n) is 1.46. The van der Waals surface area contributed by atoms with Crippen LogP contribution in [0.15, 0.2) is 22.7 Å². The molecule has 1 aliphatic rings. The lowest BCUT2D eigenvalue weighted by molar-refractivity contribution is -0.138. The maximum absolute atomic E-state index is 10.7. The molecule has 5 heteroatoms. The fraction of sp³-hybridized carbons (Fsp3) is 0.417. The normalized spacial score (nSPS) is 16.6. The lowest BCUT2D eigenvalue weighted by Gasteiger charge is -2.11. The molecule has 17 heavy (non-hydrogen) atoms. The lowest BCUT2D eigenvalue weighted by atomic mass is 10.1. The molecular weight excluding hydrogens is 286 g/mol. The number of ether oxygens (including phenoxy) is 1. The van der Waals surface area contributed by atoms with Crippen molar-refractivity contribution in [3.63, 3.8) is 0 Å². The number of halogens is 1. The van der Waals surface area contributed by atoms with Gasteiger partial charge in [0.2, 0.25) is 0 Å². The minimum atomic E-state index is -1.04. The van der Waals surface area contributed by atoms with Gasteiger partial charge in [-0.1, -0.05) is 6.07 Å². The van der Waals surface area contributed by atoms with Gasteiger partial charge in [-0.15, -0.1) is 0 Å². The summed E-state index contributed by atoms with van der Waals surface area (Å²) in [6, 6.07) is 4.14. The van der Waals surface area contributed by atoms with Crippen LogP contribution in [0.1, 0.15) is 24.4 Å². The Hall–Kier alpha value is -1.07. The average Bonchev–Trinajstić information content (AvgIpc) is 3.10. The van der Waals surface area contributed by atoms with Crippen LogP contribution in [0.25, 0.3) is 0 Å². The zero-order valence-corrected chi connectivity index (χ0v) is 10.8. The fourth-order valence-corrected chi connectivity index (χ4v) is 1.97. The zero-order chi connectivity index (χ0) is 12.4. The third-order valence-electron chi connectivity index (χ3n) is 2.75. The molecule has 0 aliphatic heterocycles. The maximum atomic E-state index is 10.7. The average molecular weight is 300 g/mol. The first kappa shape index (κ1) is 12.4. The SMILES string of the molecule is NC(C(=O)O)c1ccc(OCC2CC2)c(Br)c1. The molecule has 0 heterocycles. The highest BCUT2D eigenvalue weighted by Crippen LogP contribution is 2.32. The second-order valence-corrected chi connectivity index (χ2v) is 5.11. The third kappa shape index (κ3) is 3.20. The van der Waals surface area contributed by atoms with Gasteiger partial charge in [-0.05, 0) is 52.4 Å². The summed E-state index contributed by atoms with van der Waals surface area (Å²) in [6.45, 7) is 0.725. The van der Waals surface area contributed by atoms with Gasteiger partial charge >= 0.3 is 5.97 Å². The van der Waals surface area contributed by atoms with Crippen molar-refractivity contribution >= 4 is 21.9 Å². The van der Waals surface area contributed by atoms with Gasteiger partial charge in [-0.25, -0.2) is 0 Å². The molecule has 0 radical (unpaired) electrons. The van der Waals surface area contributed by atoms with Crippen LogP contribution in [-0.2, 0) is 4.79 Å². The molecule has 1 aromatic rings. The molecule has 1 aliphatic carbocycles. The minimum Gasteiger partial charge on any atom is -0.492 e. The third-order valence-corrected chi connectivity index (χ3v) is 3.37. The van der Waals surface area contributed by atoms with Gasteiger partial charge in [0.05, 0.1) is 11.1 Å². The van der Waals surface area contributed by atoms with Crippen LogP contribution < -0.4 is 10.5 Å². The second kappa shape index (κ2) is 5.06. The smallest absolute Gasteiger partial charge is 0.325 e. The van der Waals surface area contributed by atoms with Gasteiger partial charge in [-0.2, -0.15) is 0 Å². The van der Waals surface area contributed by atoms with Crippen LogP contribution in [-0.4, -0.2) is 17.7 Å². The van der Waals surface area contributed by atoms with E-state index in [1.165, 1.54) is 12.8 Å². The predicted octanol–water partition coefficient (Wildman–Crippen LogP) is 2.32. The summed E-state index contributed by atoms with van der Waals surface area (Å²) in [5, 5.41) is 8.81. The number of aliphatic carboxylic acids is 1. The van der Waals surface area contributed by atoms with Gasteiger partial charge in [0.25, 0.3) is 0 Å². The molecular formula is C12H14BrNO3. The van der Waals surface area contributed by atoms with E-state index in [1.54, 1.807) is 18.2 Å². The second-order valence-electron chi connectivity index (χ2n) is 4.26. The van der Waals surface area contributed by atoms with Crippen LogP contribution >= 0.6 is 15.9 Å². The van der Waals surface area contributed by atoms with Crippen molar-refractivity contribution in [1.82, 2.24) is 0 Å². The molecule has 0 amide bonds. The molecule has 0 aromatic heterocycles. The predicted molar refractivity (Wildman–Crippen MR) is 66.9 cm³/mol. The number of carboxylic acid groups (broad SMARTS) is 1. The van der Waals surface area contributed by atoms with Gasteiger partial charge < -0.3 is 15.6 Å². The van der Waals surface area contributed by atoms with E-state index in [4.69, 9.17) is 15.6 Å². The number of carbonyl (C=O) groups is 1. The van der Waals surface area contributed by atoms with E-state index in [2.05, 4.69) is 15.9 Å². The molecule has 92 valence electrons. The van der Waals surface area contributed by atoms with E-state index in [0.29, 0.717) is 11.5 Å². The van der Waals surface area contributed by atoms with E-state index in [0.717, 1.165) is 16.8 Å². The Bertz CT molecular complexity index is 432. The lowest BCUT2D eigenvalue weighted by Crippen LogP contribution is -2.20. The van der Waals surface area contributed by atoms with Crippen molar-refractivity contribution in [2.45, 2.75) is 18.9 Å². The Labute approximate surface area is 108 Å². The van der Waals surface area contributed by atoms with Crippen LogP contribution in [0, 0.1) is 5.92 Å². The molecule has 0 bridgehead atoms. The van der Waals surface area contributed by atoms with Crippen LogP contribution in [0.3, 0.4) is 0 Å². The van der Waals surface area contributed by atoms with E-state index < -0.39 is 12.0 Å². The van der Waals surface area contributed by atoms with Crippen LogP contribution in [0.2, 0.25) is 0 Å². The number of rotatable bonds is 5. The van der Waals surface area contributed by atoms with Crippen molar-refractivity contribution in [2.75, 3.05) is 6.61 Å². The molecule has 1 atom stereocenters. The van der Waals surface area contributed by atoms with Gasteiger partial charge in [0.1, 0.15) is 11.8 Å². The Morgan fingerprint density at radius 1 is 1.59 bits per heavy atom. The van der Waals surface area contributed by atoms with E-state index >= 15 is 0 Å². The first-order chi connectivity index (χ1) is 8.08. The summed E-state index contributed by atoms with van der Waals surface area (Å²) in [7, 11) is 0. The van der Waals surface area contributed by atoms with Crippen molar-refractivity contribution in [3.05, 3.63) is 28.2 Å². The Morgan fingerprint density at radius 3 is 2.82 bits per heavy atom. The summed E-state index contributed by atoms with van der Waals surface area (Å²) in [5.74, 6) is 0.379. The number of hydrogen-bond donors (Lipinski definition) is 2. The van der Waals surface area contributed by atoms with E-state index in [9.17, 15) is 4.79 Å². The minimum absolute atomic E-state index is 0.558. The number of hydrogen-bond acceptors (Lipinski definition) is 3. The molecule has 3 N–H and O–H groups in total. The standard InChI is InChI=1S/C12H14BrNO3/c13-9-5-8(11(14)12(15)16)3-4-10(9)17-6-7-1-2-7/h3-5,7,11H,1-2,6,14H2,(H,15,16). The highest BCUT2D eigenvalue weighted by atomic mass is 79.9. The largest absolute Gasteiger partial charge is 0.492 e. The number of benzene rings is 1. The monoisotopic (exact) mass is 299 g/mol. The number of nitrogens with two attached hydrogens (primary N) is 1. The van der Waals surface area contributed by atoms with Crippen LogP contribution in [0.4, 0.5) is 0 Å². The van der Waals surface area contributed by atoms with Crippen molar-refractivity contribution in [2.24, 2.45) is 11.7 Å². The zero-order valence-electron chi connectivity index (χ0n) is 9.23. The molecule has 4 nitrogen and oxygen atoms in total. The highest BCUT2D eigenvalue weighted by molar-refractivity contribution is 9.10. The Balaban J connectivity index is 2.07. The summed E-state index contributed by atoms with van der Waals surface area (Å²) in [5.41, 5.74) is 6.09. The molecule has 1 saturated carbocycles.